The summed E-state index contributed by atoms with van der Waals surface area (Å²) in [5, 5.41) is 4.18. The van der Waals surface area contributed by atoms with E-state index in [0.29, 0.717) is 11.2 Å². The number of thiazole rings is 1. The molecule has 3 rings (SSSR count). The predicted molar refractivity (Wildman–Crippen MR) is 75.6 cm³/mol. The summed E-state index contributed by atoms with van der Waals surface area (Å²) in [7, 11) is 0. The molecule has 0 unspecified atom stereocenters. The lowest BCUT2D eigenvalue weighted by Gasteiger charge is -2.08. The van der Waals surface area contributed by atoms with Crippen molar-refractivity contribution in [3.8, 4) is 0 Å². The third kappa shape index (κ3) is 2.15. The van der Waals surface area contributed by atoms with Gasteiger partial charge in [0.1, 0.15) is 0 Å². The smallest absolute Gasteiger partial charge is 0.181 e. The van der Waals surface area contributed by atoms with Crippen molar-refractivity contribution in [3.05, 3.63) is 23.3 Å². The normalized spacial score (nSPS) is 18.1. The summed E-state index contributed by atoms with van der Waals surface area (Å²) in [6.45, 7) is 3.20. The Hall–Kier alpha value is -1.13. The van der Waals surface area contributed by atoms with Crippen LogP contribution in [0.15, 0.2) is 12.1 Å². The number of nitrogens with zero attached hydrogens (tertiary/aromatic N) is 1. The molecule has 1 aliphatic rings. The molecule has 1 aromatic heterocycles. The van der Waals surface area contributed by atoms with Crippen LogP contribution in [0.2, 0.25) is 0 Å². The van der Waals surface area contributed by atoms with Crippen LogP contribution in [0.4, 0.5) is 5.13 Å². The summed E-state index contributed by atoms with van der Waals surface area (Å²) in [5.41, 5.74) is 9.67. The number of rotatable bonds is 2. The zero-order valence-electron chi connectivity index (χ0n) is 9.29. The fourth-order valence-electron chi connectivity index (χ4n) is 2.49. The fourth-order valence-corrected chi connectivity index (χ4v) is 3.27. The van der Waals surface area contributed by atoms with E-state index in [9.17, 15) is 0 Å². The Morgan fingerprint density at radius 2 is 2.12 bits per heavy atom. The van der Waals surface area contributed by atoms with Crippen molar-refractivity contribution in [2.45, 2.75) is 33.2 Å². The predicted octanol–water partition coefficient (Wildman–Crippen LogP) is 2.59. The SMILES string of the molecule is C.CCN[C@H]1Cc2cc3nc(N)sc3cc2C1. The van der Waals surface area contributed by atoms with Gasteiger partial charge in [-0.1, -0.05) is 25.7 Å². The molecule has 3 nitrogen and oxygen atoms in total. The number of fused-ring (bicyclic) bond motifs is 2. The second-order valence-corrected chi connectivity index (χ2v) is 5.37. The lowest BCUT2D eigenvalue weighted by Crippen LogP contribution is -2.28. The van der Waals surface area contributed by atoms with Gasteiger partial charge in [0.15, 0.2) is 5.13 Å². The summed E-state index contributed by atoms with van der Waals surface area (Å²) in [4.78, 5) is 4.34. The Balaban J connectivity index is 0.00000108. The number of nitrogens with one attached hydrogen (secondary N) is 1. The van der Waals surface area contributed by atoms with Crippen molar-refractivity contribution < 1.29 is 0 Å². The van der Waals surface area contributed by atoms with Crippen LogP contribution >= 0.6 is 11.3 Å². The molecule has 4 heteroatoms. The molecular weight excluding hydrogens is 230 g/mol. The number of likely N-dealkylation sites (N-methyl/N-ethyl adjacent to an activating group) is 1. The van der Waals surface area contributed by atoms with Gasteiger partial charge in [0.2, 0.25) is 0 Å². The summed E-state index contributed by atoms with van der Waals surface area (Å²) < 4.78 is 1.22. The minimum Gasteiger partial charge on any atom is -0.375 e. The van der Waals surface area contributed by atoms with Gasteiger partial charge in [-0.3, -0.25) is 0 Å². The molecule has 0 fully saturated rings. The molecule has 0 saturated heterocycles. The number of nitrogen functional groups attached to an aromatic ring is 1. The molecule has 0 amide bonds. The van der Waals surface area contributed by atoms with Crippen LogP contribution in [0.25, 0.3) is 10.2 Å². The number of nitrogens with two attached hydrogens (primary N) is 1. The Kier molecular flexibility index (Phi) is 3.35. The summed E-state index contributed by atoms with van der Waals surface area (Å²) in [5.74, 6) is 0. The van der Waals surface area contributed by atoms with Gasteiger partial charge < -0.3 is 11.1 Å². The molecule has 1 heterocycles. The van der Waals surface area contributed by atoms with Crippen LogP contribution in [0.1, 0.15) is 25.5 Å². The molecule has 1 atom stereocenters. The number of hydrogen-bond donors (Lipinski definition) is 2. The number of aromatic nitrogens is 1. The van der Waals surface area contributed by atoms with Gasteiger partial charge in [0.05, 0.1) is 10.2 Å². The van der Waals surface area contributed by atoms with Crippen LogP contribution in [0.3, 0.4) is 0 Å². The van der Waals surface area contributed by atoms with Gasteiger partial charge in [0.25, 0.3) is 0 Å². The molecule has 1 aliphatic carbocycles. The van der Waals surface area contributed by atoms with E-state index in [1.54, 1.807) is 11.3 Å². The molecule has 2 aromatic rings. The Morgan fingerprint density at radius 1 is 1.41 bits per heavy atom. The average Bonchev–Trinajstić information content (AvgIpc) is 2.75. The van der Waals surface area contributed by atoms with Crippen LogP contribution in [-0.2, 0) is 12.8 Å². The zero-order valence-corrected chi connectivity index (χ0v) is 10.1. The van der Waals surface area contributed by atoms with Gasteiger partial charge >= 0.3 is 0 Å². The van der Waals surface area contributed by atoms with E-state index in [4.69, 9.17) is 5.73 Å². The summed E-state index contributed by atoms with van der Waals surface area (Å²) in [6, 6.07) is 5.07. The maximum Gasteiger partial charge on any atom is 0.181 e. The van der Waals surface area contributed by atoms with Crippen molar-refractivity contribution in [1.29, 1.82) is 0 Å². The number of anilines is 1. The Labute approximate surface area is 106 Å². The van der Waals surface area contributed by atoms with Crippen molar-refractivity contribution in [1.82, 2.24) is 10.3 Å². The first-order chi connectivity index (χ1) is 7.76. The minimum atomic E-state index is 0. The second-order valence-electron chi connectivity index (χ2n) is 4.30. The van der Waals surface area contributed by atoms with Gasteiger partial charge in [-0.25, -0.2) is 4.98 Å². The molecule has 0 bridgehead atoms. The molecule has 0 radical (unpaired) electrons. The van der Waals surface area contributed by atoms with Crippen molar-refractivity contribution in [2.75, 3.05) is 12.3 Å². The van der Waals surface area contributed by atoms with E-state index in [-0.39, 0.29) is 7.43 Å². The Morgan fingerprint density at radius 3 is 2.82 bits per heavy atom. The summed E-state index contributed by atoms with van der Waals surface area (Å²) >= 11 is 1.58. The highest BCUT2D eigenvalue weighted by molar-refractivity contribution is 7.22. The maximum absolute atomic E-state index is 5.72. The standard InChI is InChI=1S/C12H15N3S.CH4/c1-2-14-9-3-7-5-10-11(6-8(7)4-9)16-12(13)15-10;/h5-6,9,14H,2-4H2,1H3,(H2,13,15);1H4/t9-;/m0./s1. The summed E-state index contributed by atoms with van der Waals surface area (Å²) in [6.07, 6.45) is 2.26. The van der Waals surface area contributed by atoms with Crippen LogP contribution in [-0.4, -0.2) is 17.6 Å². The molecule has 0 spiro atoms. The van der Waals surface area contributed by atoms with Gasteiger partial charge in [0, 0.05) is 6.04 Å². The van der Waals surface area contributed by atoms with Crippen molar-refractivity contribution >= 4 is 26.7 Å². The first-order valence-corrected chi connectivity index (χ1v) is 6.49. The lowest BCUT2D eigenvalue weighted by molar-refractivity contribution is 0.552. The third-order valence-corrected chi connectivity index (χ3v) is 4.00. The second kappa shape index (κ2) is 4.63. The average molecular weight is 249 g/mol. The first kappa shape index (κ1) is 12.3. The number of benzene rings is 1. The topological polar surface area (TPSA) is 50.9 Å². The van der Waals surface area contributed by atoms with E-state index in [1.165, 1.54) is 15.8 Å². The van der Waals surface area contributed by atoms with E-state index in [2.05, 4.69) is 29.4 Å². The van der Waals surface area contributed by atoms with E-state index in [1.807, 2.05) is 0 Å². The quantitative estimate of drug-likeness (QED) is 0.860. The minimum absolute atomic E-state index is 0. The first-order valence-electron chi connectivity index (χ1n) is 5.67. The lowest BCUT2D eigenvalue weighted by atomic mass is 10.1. The van der Waals surface area contributed by atoms with Crippen LogP contribution < -0.4 is 11.1 Å². The monoisotopic (exact) mass is 249 g/mol. The van der Waals surface area contributed by atoms with Gasteiger partial charge in [-0.05, 0) is 42.6 Å². The molecule has 17 heavy (non-hydrogen) atoms. The maximum atomic E-state index is 5.72. The largest absolute Gasteiger partial charge is 0.375 e. The highest BCUT2D eigenvalue weighted by Gasteiger charge is 2.21. The molecule has 0 aliphatic heterocycles. The van der Waals surface area contributed by atoms with E-state index < -0.39 is 0 Å². The zero-order chi connectivity index (χ0) is 11.1. The van der Waals surface area contributed by atoms with Crippen LogP contribution in [0, 0.1) is 0 Å². The van der Waals surface area contributed by atoms with Crippen molar-refractivity contribution in [2.24, 2.45) is 0 Å². The highest BCUT2D eigenvalue weighted by atomic mass is 32.1. The third-order valence-electron chi connectivity index (χ3n) is 3.15. The molecular formula is C13H19N3S. The fraction of sp³-hybridized carbons (Fsp3) is 0.462. The van der Waals surface area contributed by atoms with Crippen molar-refractivity contribution in [3.63, 3.8) is 0 Å². The van der Waals surface area contributed by atoms with E-state index in [0.717, 1.165) is 24.9 Å². The number of hydrogen-bond acceptors (Lipinski definition) is 4. The molecule has 92 valence electrons. The Bertz CT molecular complexity index is 490. The molecule has 0 saturated carbocycles. The van der Waals surface area contributed by atoms with Crippen LogP contribution in [0.5, 0.6) is 0 Å². The van der Waals surface area contributed by atoms with Gasteiger partial charge in [-0.2, -0.15) is 0 Å². The molecule has 1 aromatic carbocycles. The molecule has 3 N–H and O–H groups in total. The highest BCUT2D eigenvalue weighted by Crippen LogP contribution is 2.31. The van der Waals surface area contributed by atoms with E-state index >= 15 is 0 Å². The van der Waals surface area contributed by atoms with Gasteiger partial charge in [-0.15, -0.1) is 0 Å².